The van der Waals surface area contributed by atoms with Crippen LogP contribution < -0.4 is 10.1 Å². The van der Waals surface area contributed by atoms with E-state index in [0.717, 1.165) is 12.1 Å². The van der Waals surface area contributed by atoms with Gasteiger partial charge in [-0.2, -0.15) is 13.2 Å². The number of halogens is 5. The number of amides is 1. The maximum Gasteiger partial charge on any atom is 0.417 e. The molecular weight excluding hydrogens is 378 g/mol. The third-order valence-corrected chi connectivity index (χ3v) is 3.95. The molecule has 0 heterocycles. The van der Waals surface area contributed by atoms with Crippen LogP contribution in [-0.2, 0) is 11.0 Å². The molecule has 3 nitrogen and oxygen atoms in total. The summed E-state index contributed by atoms with van der Waals surface area (Å²) < 4.78 is 44.2. The minimum absolute atomic E-state index is 0.0251. The van der Waals surface area contributed by atoms with E-state index in [4.69, 9.17) is 27.9 Å². The van der Waals surface area contributed by atoms with Gasteiger partial charge in [0.05, 0.1) is 15.6 Å². The third kappa shape index (κ3) is 5.03. The van der Waals surface area contributed by atoms with E-state index in [9.17, 15) is 18.0 Å². The van der Waals surface area contributed by atoms with E-state index in [1.165, 1.54) is 6.07 Å². The number of alkyl halides is 3. The van der Waals surface area contributed by atoms with Gasteiger partial charge >= 0.3 is 6.18 Å². The summed E-state index contributed by atoms with van der Waals surface area (Å²) in [5.41, 5.74) is -1.05. The van der Waals surface area contributed by atoms with Gasteiger partial charge in [0.15, 0.2) is 6.10 Å². The van der Waals surface area contributed by atoms with Crippen LogP contribution in [0.15, 0.2) is 42.5 Å². The van der Waals surface area contributed by atoms with Gasteiger partial charge in [0, 0.05) is 5.69 Å². The number of para-hydroxylation sites is 1. The van der Waals surface area contributed by atoms with Crippen LogP contribution in [0.1, 0.15) is 18.9 Å². The van der Waals surface area contributed by atoms with Crippen LogP contribution >= 0.6 is 23.2 Å². The topological polar surface area (TPSA) is 38.3 Å². The Morgan fingerprint density at radius 1 is 1.16 bits per heavy atom. The fourth-order valence-corrected chi connectivity index (χ4v) is 2.46. The minimum atomic E-state index is -4.62. The van der Waals surface area contributed by atoms with Crippen molar-refractivity contribution in [3.8, 4) is 5.75 Å². The van der Waals surface area contributed by atoms with Crippen molar-refractivity contribution in [1.82, 2.24) is 0 Å². The number of carbonyl (C=O) groups is 1. The number of ether oxygens (including phenoxy) is 1. The van der Waals surface area contributed by atoms with Crippen molar-refractivity contribution in [3.05, 3.63) is 58.1 Å². The molecular formula is C17H14Cl2F3NO2. The van der Waals surface area contributed by atoms with Crippen molar-refractivity contribution in [2.75, 3.05) is 5.32 Å². The normalized spacial score (nSPS) is 12.6. The zero-order valence-corrected chi connectivity index (χ0v) is 14.5. The molecule has 0 aliphatic rings. The molecule has 0 fully saturated rings. The van der Waals surface area contributed by atoms with Gasteiger partial charge in [-0.1, -0.05) is 42.3 Å². The highest BCUT2D eigenvalue weighted by Crippen LogP contribution is 2.36. The summed E-state index contributed by atoms with van der Waals surface area (Å²) in [4.78, 5) is 12.3. The molecule has 0 aromatic heterocycles. The van der Waals surface area contributed by atoms with E-state index in [0.29, 0.717) is 17.2 Å². The van der Waals surface area contributed by atoms with Crippen molar-refractivity contribution in [1.29, 1.82) is 0 Å². The Balaban J connectivity index is 2.16. The molecule has 134 valence electrons. The molecule has 1 amide bonds. The monoisotopic (exact) mass is 391 g/mol. The predicted molar refractivity (Wildman–Crippen MR) is 91.2 cm³/mol. The van der Waals surface area contributed by atoms with Crippen molar-refractivity contribution in [2.45, 2.75) is 25.6 Å². The first-order valence-electron chi connectivity index (χ1n) is 7.31. The van der Waals surface area contributed by atoms with Gasteiger partial charge in [0.2, 0.25) is 0 Å². The van der Waals surface area contributed by atoms with Crippen LogP contribution in [0.25, 0.3) is 0 Å². The Hall–Kier alpha value is -1.92. The van der Waals surface area contributed by atoms with Gasteiger partial charge in [-0.3, -0.25) is 4.79 Å². The van der Waals surface area contributed by atoms with Gasteiger partial charge in [0.1, 0.15) is 5.75 Å². The second-order valence-electron chi connectivity index (χ2n) is 5.13. The molecule has 0 radical (unpaired) electrons. The van der Waals surface area contributed by atoms with Gasteiger partial charge in [0.25, 0.3) is 5.91 Å². The number of anilines is 1. The standard InChI is InChI=1S/C17H14Cl2F3NO2/c1-2-14(25-15-6-4-3-5-13(15)19)16(24)23-10-7-8-12(18)11(9-10)17(20,21)22/h3-9,14H,2H2,1H3,(H,23,24). The van der Waals surface area contributed by atoms with E-state index in [2.05, 4.69) is 5.32 Å². The quantitative estimate of drug-likeness (QED) is 0.698. The lowest BCUT2D eigenvalue weighted by Gasteiger charge is -2.18. The van der Waals surface area contributed by atoms with E-state index in [1.807, 2.05) is 0 Å². The van der Waals surface area contributed by atoms with E-state index < -0.39 is 28.8 Å². The summed E-state index contributed by atoms with van der Waals surface area (Å²) in [6, 6.07) is 9.76. The second-order valence-corrected chi connectivity index (χ2v) is 5.94. The predicted octanol–water partition coefficient (Wildman–Crippen LogP) is 5.81. The fourth-order valence-electron chi connectivity index (χ4n) is 2.06. The van der Waals surface area contributed by atoms with Crippen LogP contribution in [0.4, 0.5) is 18.9 Å². The molecule has 1 N–H and O–H groups in total. The van der Waals surface area contributed by atoms with Crippen LogP contribution in [-0.4, -0.2) is 12.0 Å². The lowest BCUT2D eigenvalue weighted by atomic mass is 10.1. The van der Waals surface area contributed by atoms with Crippen LogP contribution in [0.2, 0.25) is 10.0 Å². The average Bonchev–Trinajstić information content (AvgIpc) is 2.54. The first-order valence-corrected chi connectivity index (χ1v) is 8.06. The number of benzene rings is 2. The molecule has 1 unspecified atom stereocenters. The fraction of sp³-hybridized carbons (Fsp3) is 0.235. The number of nitrogens with one attached hydrogen (secondary N) is 1. The minimum Gasteiger partial charge on any atom is -0.479 e. The molecule has 2 aromatic carbocycles. The number of carbonyl (C=O) groups excluding carboxylic acids is 1. The first-order chi connectivity index (χ1) is 11.7. The SMILES string of the molecule is CCC(Oc1ccccc1Cl)C(=O)Nc1ccc(Cl)c(C(F)(F)F)c1. The Labute approximate surface area is 152 Å². The summed E-state index contributed by atoms with van der Waals surface area (Å²) in [6.07, 6.45) is -5.22. The van der Waals surface area contributed by atoms with E-state index in [1.54, 1.807) is 31.2 Å². The number of hydrogen-bond acceptors (Lipinski definition) is 2. The molecule has 0 spiro atoms. The van der Waals surface area contributed by atoms with Crippen LogP contribution in [0.5, 0.6) is 5.75 Å². The lowest BCUT2D eigenvalue weighted by Crippen LogP contribution is -2.32. The second kappa shape index (κ2) is 7.97. The molecule has 25 heavy (non-hydrogen) atoms. The van der Waals surface area contributed by atoms with Gasteiger partial charge in [-0.05, 0) is 36.8 Å². The lowest BCUT2D eigenvalue weighted by molar-refractivity contribution is -0.137. The number of hydrogen-bond donors (Lipinski definition) is 1. The zero-order chi connectivity index (χ0) is 18.6. The summed E-state index contributed by atoms with van der Waals surface area (Å²) in [5, 5.41) is 2.30. The molecule has 8 heteroatoms. The zero-order valence-electron chi connectivity index (χ0n) is 13.0. The molecule has 0 aliphatic heterocycles. The molecule has 2 rings (SSSR count). The van der Waals surface area contributed by atoms with E-state index in [-0.39, 0.29) is 5.69 Å². The number of rotatable bonds is 5. The highest BCUT2D eigenvalue weighted by Gasteiger charge is 2.33. The van der Waals surface area contributed by atoms with Crippen molar-refractivity contribution >= 4 is 34.8 Å². The smallest absolute Gasteiger partial charge is 0.417 e. The average molecular weight is 392 g/mol. The maximum absolute atomic E-state index is 12.9. The summed E-state index contributed by atoms with van der Waals surface area (Å²) in [7, 11) is 0. The van der Waals surface area contributed by atoms with Crippen molar-refractivity contribution < 1.29 is 22.7 Å². The first kappa shape index (κ1) is 19.4. The highest BCUT2D eigenvalue weighted by atomic mass is 35.5. The molecule has 0 aliphatic carbocycles. The molecule has 1 atom stereocenters. The Morgan fingerprint density at radius 3 is 2.44 bits per heavy atom. The maximum atomic E-state index is 12.9. The molecule has 0 saturated carbocycles. The van der Waals surface area contributed by atoms with Crippen LogP contribution in [0.3, 0.4) is 0 Å². The third-order valence-electron chi connectivity index (χ3n) is 3.31. The van der Waals surface area contributed by atoms with Gasteiger partial charge < -0.3 is 10.1 Å². The summed E-state index contributed by atoms with van der Waals surface area (Å²) >= 11 is 11.5. The Kier molecular flexibility index (Phi) is 6.19. The largest absolute Gasteiger partial charge is 0.479 e. The van der Waals surface area contributed by atoms with Crippen LogP contribution in [0, 0.1) is 0 Å². The summed E-state index contributed by atoms with van der Waals surface area (Å²) in [6.45, 7) is 1.71. The molecule has 0 saturated heterocycles. The van der Waals surface area contributed by atoms with Gasteiger partial charge in [-0.15, -0.1) is 0 Å². The van der Waals surface area contributed by atoms with E-state index >= 15 is 0 Å². The molecule has 2 aromatic rings. The van der Waals surface area contributed by atoms with Crippen molar-refractivity contribution in [3.63, 3.8) is 0 Å². The summed E-state index contributed by atoms with van der Waals surface area (Å²) in [5.74, 6) is -0.267. The molecule has 0 bridgehead atoms. The highest BCUT2D eigenvalue weighted by molar-refractivity contribution is 6.32. The van der Waals surface area contributed by atoms with Crippen molar-refractivity contribution in [2.24, 2.45) is 0 Å². The Bertz CT molecular complexity index is 766. The van der Waals surface area contributed by atoms with Gasteiger partial charge in [-0.25, -0.2) is 0 Å². The Morgan fingerprint density at radius 2 is 1.84 bits per heavy atom.